The highest BCUT2D eigenvalue weighted by molar-refractivity contribution is 8.09. The summed E-state index contributed by atoms with van der Waals surface area (Å²) in [6.45, 7) is 2.71. The molecule has 12 nitrogen and oxygen atoms in total. The lowest BCUT2D eigenvalue weighted by atomic mass is 9.99. The van der Waals surface area contributed by atoms with Gasteiger partial charge in [-0.2, -0.15) is 0 Å². The van der Waals surface area contributed by atoms with Crippen LogP contribution in [-0.4, -0.2) is 80.2 Å². The lowest BCUT2D eigenvalue weighted by Gasteiger charge is -2.33. The molecule has 6 atom stereocenters. The number of nitrogens with one attached hydrogen (secondary N) is 2. The summed E-state index contributed by atoms with van der Waals surface area (Å²) in [5.74, 6) is 0.357. The van der Waals surface area contributed by atoms with Crippen LogP contribution >= 0.6 is 18.2 Å². The number of carbonyl (C=O) groups excluding carboxylic acids is 1. The van der Waals surface area contributed by atoms with Gasteiger partial charge in [0.25, 0.3) is 0 Å². The summed E-state index contributed by atoms with van der Waals surface area (Å²) < 4.78 is 40.5. The molecule has 0 spiro atoms. The zero-order chi connectivity index (χ0) is 29.9. The molecule has 3 heterocycles. The number of para-hydroxylation sites is 1. The van der Waals surface area contributed by atoms with Gasteiger partial charge in [-0.15, -0.1) is 11.6 Å². The van der Waals surface area contributed by atoms with Crippen LogP contribution in [0.15, 0.2) is 36.7 Å². The number of aryl methyl sites for hydroxylation is 1. The molecule has 1 aliphatic rings. The van der Waals surface area contributed by atoms with Gasteiger partial charge in [-0.1, -0.05) is 18.2 Å². The van der Waals surface area contributed by atoms with Crippen molar-refractivity contribution in [3.8, 4) is 5.75 Å². The monoisotopic (exact) mass is 630 g/mol. The predicted molar refractivity (Wildman–Crippen MR) is 155 cm³/mol. The number of rotatable bonds is 12. The van der Waals surface area contributed by atoms with E-state index in [0.717, 1.165) is 0 Å². The van der Waals surface area contributed by atoms with Crippen molar-refractivity contribution < 1.29 is 32.8 Å². The molecule has 0 amide bonds. The van der Waals surface area contributed by atoms with Crippen LogP contribution in [0.4, 0.5) is 10.2 Å². The highest BCUT2D eigenvalue weighted by Gasteiger charge is 2.57. The van der Waals surface area contributed by atoms with Gasteiger partial charge >= 0.3 is 12.6 Å². The Balaban J connectivity index is 1.61. The first-order valence-corrected chi connectivity index (χ1v) is 16.0. The number of benzene rings is 1. The maximum Gasteiger partial charge on any atom is 0.323 e. The van der Waals surface area contributed by atoms with Crippen LogP contribution in [-0.2, 0) is 30.6 Å². The maximum atomic E-state index is 15.7. The molecule has 0 aliphatic carbocycles. The van der Waals surface area contributed by atoms with E-state index < -0.39 is 49.4 Å². The first-order valence-electron chi connectivity index (χ1n) is 12.8. The van der Waals surface area contributed by atoms with Crippen molar-refractivity contribution in [2.24, 2.45) is 0 Å². The number of hydrogen-bond acceptors (Lipinski definition) is 11. The number of ether oxygens (including phenoxy) is 2. The van der Waals surface area contributed by atoms with E-state index in [-0.39, 0.29) is 12.0 Å². The Labute approximate surface area is 247 Å². The number of nitrogens with zero attached hydrogens (tertiary/aromatic N) is 4. The largest absolute Gasteiger partial charge is 0.462 e. The average molecular weight is 631 g/mol. The van der Waals surface area contributed by atoms with Crippen LogP contribution in [0.1, 0.15) is 32.8 Å². The second kappa shape index (κ2) is 12.8. The molecule has 0 radical (unpaired) electrons. The number of aromatic nitrogens is 4. The first-order chi connectivity index (χ1) is 19.4. The molecule has 41 heavy (non-hydrogen) atoms. The molecule has 1 aromatic carbocycles. The highest BCUT2D eigenvalue weighted by Crippen LogP contribution is 2.49. The Kier molecular flexibility index (Phi) is 9.85. The van der Waals surface area contributed by atoms with E-state index in [1.165, 1.54) is 10.9 Å². The number of esters is 1. The summed E-state index contributed by atoms with van der Waals surface area (Å²) in [5.41, 5.74) is -1.02. The fourth-order valence-electron chi connectivity index (χ4n) is 4.21. The minimum absolute atomic E-state index is 0.310. The van der Waals surface area contributed by atoms with Gasteiger partial charge in [0, 0.05) is 7.05 Å². The van der Waals surface area contributed by atoms with Gasteiger partial charge in [-0.05, 0) is 51.6 Å². The Hall–Kier alpha value is -2.45. The Morgan fingerprint density at radius 3 is 2.66 bits per heavy atom. The van der Waals surface area contributed by atoms with Gasteiger partial charge in [0.1, 0.15) is 29.3 Å². The summed E-state index contributed by atoms with van der Waals surface area (Å²) in [7, 11) is 1.68. The number of imidazole rings is 1. The summed E-state index contributed by atoms with van der Waals surface area (Å²) in [6, 6.07) is 7.72. The maximum absolute atomic E-state index is 15.7. The van der Waals surface area contributed by atoms with Crippen molar-refractivity contribution in [3.63, 3.8) is 0 Å². The second-order valence-electron chi connectivity index (χ2n) is 9.80. The minimum Gasteiger partial charge on any atom is -0.462 e. The number of aliphatic hydroxyl groups is 1. The Morgan fingerprint density at radius 2 is 2.02 bits per heavy atom. The summed E-state index contributed by atoms with van der Waals surface area (Å²) >= 11 is 12.0. The van der Waals surface area contributed by atoms with Gasteiger partial charge in [-0.25, -0.2) is 24.4 Å². The summed E-state index contributed by atoms with van der Waals surface area (Å²) in [4.78, 5) is 25.5. The molecule has 3 aromatic rings. The molecule has 224 valence electrons. The van der Waals surface area contributed by atoms with Crippen LogP contribution in [0.2, 0.25) is 0 Å². The van der Waals surface area contributed by atoms with E-state index in [0.29, 0.717) is 28.6 Å². The average Bonchev–Trinajstić information content (AvgIpc) is 3.46. The molecule has 4 rings (SSSR count). The van der Waals surface area contributed by atoms with E-state index in [4.69, 9.17) is 41.9 Å². The van der Waals surface area contributed by atoms with Crippen LogP contribution in [0.5, 0.6) is 5.75 Å². The third-order valence-corrected chi connectivity index (χ3v) is 9.18. The van der Waals surface area contributed by atoms with Gasteiger partial charge in [0.15, 0.2) is 29.4 Å². The number of alkyl halides is 2. The van der Waals surface area contributed by atoms with Crippen molar-refractivity contribution in [1.29, 1.82) is 0 Å². The lowest BCUT2D eigenvalue weighted by Crippen LogP contribution is -2.48. The van der Waals surface area contributed by atoms with Crippen molar-refractivity contribution >= 4 is 53.0 Å². The van der Waals surface area contributed by atoms with Gasteiger partial charge in [-0.3, -0.25) is 9.36 Å². The smallest absolute Gasteiger partial charge is 0.323 e. The number of fused-ring (bicyclic) bond motifs is 1. The van der Waals surface area contributed by atoms with Gasteiger partial charge in [0.05, 0.1) is 24.9 Å². The van der Waals surface area contributed by atoms with E-state index in [2.05, 4.69) is 25.4 Å². The molecule has 1 unspecified atom stereocenters. The zero-order valence-corrected chi connectivity index (χ0v) is 25.6. The van der Waals surface area contributed by atoms with E-state index >= 15 is 4.39 Å². The molecule has 0 saturated carbocycles. The summed E-state index contributed by atoms with van der Waals surface area (Å²) in [5, 5.41) is 16.9. The normalized spacial score (nSPS) is 24.8. The van der Waals surface area contributed by atoms with Crippen molar-refractivity contribution in [2.75, 3.05) is 24.9 Å². The quantitative estimate of drug-likeness (QED) is 0.153. The number of carbonyl (C=O) groups is 1. The SMILES string of the molecule is CNc1nc(C)nc2c1ncn2[C@@H]1O[C@](CCl)(COP(=S)(N[C@H](C)C(=O)OC(C)C)Oc2ccccc2)[C@@H](O)[C@@H]1F. The number of aliphatic hydroxyl groups excluding tert-OH is 1. The summed E-state index contributed by atoms with van der Waals surface area (Å²) in [6.07, 6.45) is -3.96. The molecule has 2 aromatic heterocycles. The molecule has 16 heteroatoms. The number of halogens is 2. The van der Waals surface area contributed by atoms with E-state index in [9.17, 15) is 9.90 Å². The predicted octanol–water partition coefficient (Wildman–Crippen LogP) is 3.63. The van der Waals surface area contributed by atoms with Crippen LogP contribution in [0.25, 0.3) is 11.2 Å². The molecular weight excluding hydrogens is 598 g/mol. The standard InChI is InChI=1S/C25H33ClFN6O6PS/c1-14(2)37-24(35)15(3)32-40(41,39-17-9-7-6-8-10-17)36-12-25(11-26)20(34)18(27)23(38-25)33-13-29-19-21(28-5)30-16(4)31-22(19)33/h6-10,13-15,18,20,23,34H,11-12H2,1-5H3,(H,32,41)(H,28,30,31)/t15-,18+,20+,23-,25-,40?/m1/s1. The molecule has 1 fully saturated rings. The zero-order valence-electron chi connectivity index (χ0n) is 23.2. The topological polar surface area (TPSA) is 142 Å². The third kappa shape index (κ3) is 6.80. The fraction of sp³-hybridized carbons (Fsp3) is 0.520. The fourth-order valence-corrected chi connectivity index (χ4v) is 6.95. The van der Waals surface area contributed by atoms with Gasteiger partial charge < -0.3 is 28.9 Å². The van der Waals surface area contributed by atoms with Crippen LogP contribution in [0, 0.1) is 6.92 Å². The molecule has 3 N–H and O–H groups in total. The second-order valence-corrected chi connectivity index (χ2v) is 13.2. The van der Waals surface area contributed by atoms with E-state index in [1.54, 1.807) is 65.1 Å². The van der Waals surface area contributed by atoms with Crippen LogP contribution in [0.3, 0.4) is 0 Å². The first kappa shape index (κ1) is 31.5. The number of anilines is 1. The molecule has 0 bridgehead atoms. The van der Waals surface area contributed by atoms with Crippen molar-refractivity contribution in [1.82, 2.24) is 24.6 Å². The van der Waals surface area contributed by atoms with Gasteiger partial charge in [0.2, 0.25) is 0 Å². The van der Waals surface area contributed by atoms with Crippen LogP contribution < -0.4 is 14.9 Å². The van der Waals surface area contributed by atoms with E-state index in [1.807, 2.05) is 0 Å². The third-order valence-electron chi connectivity index (χ3n) is 6.24. The number of hydrogen-bond donors (Lipinski definition) is 3. The Bertz CT molecular complexity index is 1420. The van der Waals surface area contributed by atoms with Crippen molar-refractivity contribution in [2.45, 2.75) is 63.9 Å². The molecule has 1 saturated heterocycles. The minimum atomic E-state index is -3.52. The van der Waals surface area contributed by atoms with Crippen molar-refractivity contribution in [3.05, 3.63) is 42.5 Å². The molecular formula is C25H33ClFN6O6PS. The highest BCUT2D eigenvalue weighted by atomic mass is 35.5. The molecule has 1 aliphatic heterocycles. The Morgan fingerprint density at radius 1 is 1.32 bits per heavy atom. The lowest BCUT2D eigenvalue weighted by molar-refractivity contribution is -0.149.